The lowest BCUT2D eigenvalue weighted by molar-refractivity contribution is -0.142. The van der Waals surface area contributed by atoms with Gasteiger partial charge >= 0.3 is 12.0 Å². The number of hydrogen-bond acceptors (Lipinski definition) is 5. The lowest BCUT2D eigenvalue weighted by atomic mass is 10.3. The van der Waals surface area contributed by atoms with Crippen molar-refractivity contribution < 1.29 is 19.4 Å². The lowest BCUT2D eigenvalue weighted by Gasteiger charge is -2.05. The lowest BCUT2D eigenvalue weighted by Crippen LogP contribution is -2.31. The Balaban J connectivity index is 2.25. The Morgan fingerprint density at radius 3 is 2.79 bits per heavy atom. The zero-order valence-electron chi connectivity index (χ0n) is 10.9. The van der Waals surface area contributed by atoms with Crippen LogP contribution in [0.4, 0.5) is 9.93 Å². The molecule has 0 saturated heterocycles. The summed E-state index contributed by atoms with van der Waals surface area (Å²) in [6.45, 7) is 3.99. The topological polar surface area (TPSA) is 101 Å². The number of thiazole rings is 1. The first-order valence-electron chi connectivity index (χ1n) is 5.83. The van der Waals surface area contributed by atoms with Crippen LogP contribution in [-0.4, -0.2) is 41.8 Å². The third kappa shape index (κ3) is 5.66. The van der Waals surface area contributed by atoms with Crippen LogP contribution in [0.3, 0.4) is 0 Å². The number of aryl methyl sites for hydroxylation is 2. The molecular formula is C11H17N3O4S. The normalized spacial score (nSPS) is 10.2. The molecule has 0 fully saturated rings. The van der Waals surface area contributed by atoms with E-state index in [1.165, 1.54) is 11.3 Å². The van der Waals surface area contributed by atoms with E-state index in [-0.39, 0.29) is 25.8 Å². The number of amides is 2. The molecule has 106 valence electrons. The maximum absolute atomic E-state index is 11.5. The summed E-state index contributed by atoms with van der Waals surface area (Å²) in [4.78, 5) is 27.0. The van der Waals surface area contributed by atoms with Crippen molar-refractivity contribution in [1.29, 1.82) is 0 Å². The summed E-state index contributed by atoms with van der Waals surface area (Å²) in [6, 6.07) is -0.379. The van der Waals surface area contributed by atoms with Crippen LogP contribution in [0.1, 0.15) is 17.5 Å². The third-order valence-electron chi connectivity index (χ3n) is 2.21. The van der Waals surface area contributed by atoms with Gasteiger partial charge in [-0.25, -0.2) is 14.6 Å². The molecule has 0 radical (unpaired) electrons. The molecule has 19 heavy (non-hydrogen) atoms. The van der Waals surface area contributed by atoms with E-state index in [1.807, 2.05) is 13.8 Å². The monoisotopic (exact) mass is 287 g/mol. The summed E-state index contributed by atoms with van der Waals surface area (Å²) < 4.78 is 4.78. The fourth-order valence-electron chi connectivity index (χ4n) is 1.35. The molecule has 0 spiro atoms. The van der Waals surface area contributed by atoms with Gasteiger partial charge in [-0.3, -0.25) is 5.32 Å². The molecule has 1 aromatic heterocycles. The van der Waals surface area contributed by atoms with Gasteiger partial charge in [0.05, 0.1) is 12.3 Å². The molecule has 1 heterocycles. The predicted octanol–water partition coefficient (Wildman–Crippen LogP) is 1.24. The first-order chi connectivity index (χ1) is 9.02. The number of aromatic nitrogens is 1. The highest BCUT2D eigenvalue weighted by molar-refractivity contribution is 7.15. The molecule has 2 amide bonds. The molecule has 0 aliphatic heterocycles. The number of nitrogens with one attached hydrogen (secondary N) is 2. The van der Waals surface area contributed by atoms with Gasteiger partial charge in [0.15, 0.2) is 5.13 Å². The van der Waals surface area contributed by atoms with E-state index in [1.54, 1.807) is 0 Å². The van der Waals surface area contributed by atoms with Crippen LogP contribution in [-0.2, 0) is 16.0 Å². The Morgan fingerprint density at radius 1 is 1.47 bits per heavy atom. The van der Waals surface area contributed by atoms with Crippen LogP contribution in [0.15, 0.2) is 0 Å². The molecule has 0 aromatic carbocycles. The van der Waals surface area contributed by atoms with Gasteiger partial charge in [0.2, 0.25) is 0 Å². The van der Waals surface area contributed by atoms with Crippen LogP contribution in [0.25, 0.3) is 0 Å². The zero-order chi connectivity index (χ0) is 14.3. The molecule has 0 unspecified atom stereocenters. The Hall–Kier alpha value is -1.67. The summed E-state index contributed by atoms with van der Waals surface area (Å²) in [6.07, 6.45) is 0.828. The number of urea groups is 1. The van der Waals surface area contributed by atoms with Crippen molar-refractivity contribution in [2.45, 2.75) is 20.3 Å². The Kier molecular flexibility index (Phi) is 6.23. The summed E-state index contributed by atoms with van der Waals surface area (Å²) in [5.74, 6) is -1.03. The summed E-state index contributed by atoms with van der Waals surface area (Å²) in [7, 11) is 0. The first-order valence-corrected chi connectivity index (χ1v) is 6.65. The number of rotatable bonds is 7. The van der Waals surface area contributed by atoms with Crippen molar-refractivity contribution in [2.75, 3.05) is 25.1 Å². The fourth-order valence-corrected chi connectivity index (χ4v) is 2.24. The first kappa shape index (κ1) is 15.4. The maximum Gasteiger partial charge on any atom is 0.329 e. The maximum atomic E-state index is 11.5. The number of anilines is 1. The van der Waals surface area contributed by atoms with Crippen LogP contribution in [0.5, 0.6) is 0 Å². The largest absolute Gasteiger partial charge is 0.480 e. The van der Waals surface area contributed by atoms with E-state index < -0.39 is 5.97 Å². The minimum atomic E-state index is -1.03. The molecule has 1 aromatic rings. The average molecular weight is 287 g/mol. The quantitative estimate of drug-likeness (QED) is 0.655. The Morgan fingerprint density at radius 2 is 2.21 bits per heavy atom. The standard InChI is InChI=1S/C11H17N3O4S/c1-3-8-7(2)19-11(13-8)14-10(17)12-4-5-18-6-9(15)16/h3-6H2,1-2H3,(H,15,16)(H2,12,13,14,17). The number of carbonyl (C=O) groups is 2. The molecule has 0 atom stereocenters. The summed E-state index contributed by atoms with van der Waals surface area (Å²) in [5.41, 5.74) is 0.977. The molecule has 0 aliphatic carbocycles. The molecule has 0 aliphatic rings. The number of ether oxygens (including phenoxy) is 1. The van der Waals surface area contributed by atoms with Crippen molar-refractivity contribution >= 4 is 28.5 Å². The van der Waals surface area contributed by atoms with Crippen molar-refractivity contribution in [1.82, 2.24) is 10.3 Å². The van der Waals surface area contributed by atoms with Crippen molar-refractivity contribution in [3.8, 4) is 0 Å². The molecule has 3 N–H and O–H groups in total. The van der Waals surface area contributed by atoms with Crippen molar-refractivity contribution in [3.05, 3.63) is 10.6 Å². The second-order valence-electron chi connectivity index (χ2n) is 3.70. The Labute approximate surface area is 115 Å². The van der Waals surface area contributed by atoms with Crippen LogP contribution in [0, 0.1) is 6.92 Å². The van der Waals surface area contributed by atoms with E-state index in [0.29, 0.717) is 5.13 Å². The van der Waals surface area contributed by atoms with Gasteiger partial charge in [-0.05, 0) is 13.3 Å². The van der Waals surface area contributed by atoms with Crippen molar-refractivity contribution in [3.63, 3.8) is 0 Å². The summed E-state index contributed by atoms with van der Waals surface area (Å²) in [5, 5.41) is 14.1. The van der Waals surface area contributed by atoms with Gasteiger partial charge < -0.3 is 15.2 Å². The number of nitrogens with zero attached hydrogens (tertiary/aromatic N) is 1. The van der Waals surface area contributed by atoms with Gasteiger partial charge in [-0.2, -0.15) is 0 Å². The average Bonchev–Trinajstić information content (AvgIpc) is 2.68. The fraction of sp³-hybridized carbons (Fsp3) is 0.545. The van der Waals surface area contributed by atoms with Crippen LogP contribution in [0.2, 0.25) is 0 Å². The van der Waals surface area contributed by atoms with Gasteiger partial charge in [0.1, 0.15) is 6.61 Å². The van der Waals surface area contributed by atoms with E-state index in [2.05, 4.69) is 15.6 Å². The van der Waals surface area contributed by atoms with Gasteiger partial charge in [-0.1, -0.05) is 6.92 Å². The predicted molar refractivity (Wildman–Crippen MR) is 71.7 cm³/mol. The molecule has 8 heteroatoms. The number of hydrogen-bond donors (Lipinski definition) is 3. The zero-order valence-corrected chi connectivity index (χ0v) is 11.7. The van der Waals surface area contributed by atoms with Crippen LogP contribution >= 0.6 is 11.3 Å². The third-order valence-corrected chi connectivity index (χ3v) is 3.13. The number of carboxylic acid groups (broad SMARTS) is 1. The van der Waals surface area contributed by atoms with Gasteiger partial charge in [0, 0.05) is 11.4 Å². The number of aliphatic carboxylic acids is 1. The summed E-state index contributed by atoms with van der Waals surface area (Å²) >= 11 is 1.42. The molecular weight excluding hydrogens is 270 g/mol. The van der Waals surface area contributed by atoms with E-state index >= 15 is 0 Å². The van der Waals surface area contributed by atoms with E-state index in [9.17, 15) is 9.59 Å². The second-order valence-corrected chi connectivity index (χ2v) is 4.91. The van der Waals surface area contributed by atoms with E-state index in [4.69, 9.17) is 9.84 Å². The minimum absolute atomic E-state index is 0.150. The number of carboxylic acids is 1. The highest BCUT2D eigenvalue weighted by atomic mass is 32.1. The van der Waals surface area contributed by atoms with Gasteiger partial charge in [-0.15, -0.1) is 11.3 Å². The van der Waals surface area contributed by atoms with Crippen LogP contribution < -0.4 is 10.6 Å². The molecule has 0 saturated carbocycles. The van der Waals surface area contributed by atoms with E-state index in [0.717, 1.165) is 17.0 Å². The molecule has 0 bridgehead atoms. The highest BCUT2D eigenvalue weighted by Crippen LogP contribution is 2.21. The SMILES string of the molecule is CCc1nc(NC(=O)NCCOCC(=O)O)sc1C. The van der Waals surface area contributed by atoms with Gasteiger partial charge in [0.25, 0.3) is 0 Å². The molecule has 1 rings (SSSR count). The Bertz CT molecular complexity index is 447. The smallest absolute Gasteiger partial charge is 0.329 e. The highest BCUT2D eigenvalue weighted by Gasteiger charge is 2.08. The number of carbonyl (C=O) groups excluding carboxylic acids is 1. The van der Waals surface area contributed by atoms with Crippen molar-refractivity contribution in [2.24, 2.45) is 0 Å². The molecule has 7 nitrogen and oxygen atoms in total. The minimum Gasteiger partial charge on any atom is -0.480 e. The second kappa shape index (κ2) is 7.70.